The fraction of sp³-hybridized carbons (Fsp3) is 0.462. The summed E-state index contributed by atoms with van der Waals surface area (Å²) >= 11 is 3.45. The quantitative estimate of drug-likeness (QED) is 0.933. The van der Waals surface area contributed by atoms with Crippen LogP contribution in [0, 0.1) is 6.92 Å². The first-order valence-corrected chi connectivity index (χ1v) is 6.85. The van der Waals surface area contributed by atoms with E-state index in [1.54, 1.807) is 4.90 Å². The molecule has 2 rings (SSSR count). The molecule has 18 heavy (non-hydrogen) atoms. The lowest BCUT2D eigenvalue weighted by Gasteiger charge is -2.31. The Morgan fingerprint density at radius 1 is 1.56 bits per heavy atom. The molecule has 0 bridgehead atoms. The highest BCUT2D eigenvalue weighted by atomic mass is 79.9. The average molecular weight is 313 g/mol. The molecule has 0 radical (unpaired) electrons. The van der Waals surface area contributed by atoms with Crippen molar-refractivity contribution < 1.29 is 9.53 Å². The van der Waals surface area contributed by atoms with Gasteiger partial charge < -0.3 is 10.5 Å². The van der Waals surface area contributed by atoms with Crippen LogP contribution >= 0.6 is 15.9 Å². The Morgan fingerprint density at radius 3 is 2.94 bits per heavy atom. The molecule has 1 heterocycles. The van der Waals surface area contributed by atoms with Crippen LogP contribution in [-0.2, 0) is 4.74 Å². The lowest BCUT2D eigenvalue weighted by molar-refractivity contribution is 0.0807. The van der Waals surface area contributed by atoms with Crippen LogP contribution in [0.2, 0.25) is 0 Å². The molecule has 0 aliphatic carbocycles. The minimum absolute atomic E-state index is 0.0321. The summed E-state index contributed by atoms with van der Waals surface area (Å²) in [7, 11) is 0. The van der Waals surface area contributed by atoms with Crippen molar-refractivity contribution in [2.24, 2.45) is 5.73 Å². The predicted molar refractivity (Wildman–Crippen MR) is 74.8 cm³/mol. The maximum absolute atomic E-state index is 11.9. The number of carbonyl (C=O) groups is 1. The Kier molecular flexibility index (Phi) is 4.24. The topological polar surface area (TPSA) is 55.6 Å². The van der Waals surface area contributed by atoms with E-state index >= 15 is 0 Å². The molecule has 0 aromatic heterocycles. The monoisotopic (exact) mass is 312 g/mol. The lowest BCUT2D eigenvalue weighted by Crippen LogP contribution is -2.42. The third-order valence-corrected chi connectivity index (χ3v) is 3.99. The van der Waals surface area contributed by atoms with Crippen LogP contribution in [0.3, 0.4) is 0 Å². The molecule has 1 aromatic rings. The minimum atomic E-state index is -0.276. The molecule has 1 aliphatic heterocycles. The number of benzene rings is 1. The van der Waals surface area contributed by atoms with E-state index in [1.807, 2.05) is 25.1 Å². The third-order valence-electron chi connectivity index (χ3n) is 3.10. The van der Waals surface area contributed by atoms with Crippen molar-refractivity contribution in [2.75, 3.05) is 18.0 Å². The standard InChI is InChI=1S/C13H17BrN2O2/c1-9-8-10(2-3-12(9)14)16-7-5-11(4-6-15)18-13(16)17/h2-3,8,11H,4-7,15H2,1H3. The number of nitrogens with zero attached hydrogens (tertiary/aromatic N) is 1. The molecule has 1 amide bonds. The van der Waals surface area contributed by atoms with Gasteiger partial charge in [-0.1, -0.05) is 15.9 Å². The summed E-state index contributed by atoms with van der Waals surface area (Å²) in [5, 5.41) is 0. The van der Waals surface area contributed by atoms with Gasteiger partial charge in [0, 0.05) is 23.1 Å². The zero-order chi connectivity index (χ0) is 13.1. The van der Waals surface area contributed by atoms with Crippen LogP contribution in [0.25, 0.3) is 0 Å². The summed E-state index contributed by atoms with van der Waals surface area (Å²) in [5.74, 6) is 0. The fourth-order valence-electron chi connectivity index (χ4n) is 2.05. The zero-order valence-corrected chi connectivity index (χ0v) is 11.9. The van der Waals surface area contributed by atoms with Crippen molar-refractivity contribution in [1.29, 1.82) is 0 Å². The number of ether oxygens (including phenoxy) is 1. The van der Waals surface area contributed by atoms with Crippen molar-refractivity contribution in [3.63, 3.8) is 0 Å². The number of amides is 1. The summed E-state index contributed by atoms with van der Waals surface area (Å²) in [4.78, 5) is 13.6. The molecule has 4 nitrogen and oxygen atoms in total. The summed E-state index contributed by atoms with van der Waals surface area (Å²) in [5.41, 5.74) is 7.46. The number of halogens is 1. The van der Waals surface area contributed by atoms with Gasteiger partial charge in [-0.25, -0.2) is 4.79 Å². The Hall–Kier alpha value is -1.07. The van der Waals surface area contributed by atoms with Crippen LogP contribution in [0.15, 0.2) is 22.7 Å². The van der Waals surface area contributed by atoms with E-state index in [9.17, 15) is 4.79 Å². The van der Waals surface area contributed by atoms with Gasteiger partial charge in [-0.2, -0.15) is 0 Å². The van der Waals surface area contributed by atoms with Crippen LogP contribution in [0.1, 0.15) is 18.4 Å². The van der Waals surface area contributed by atoms with E-state index in [0.717, 1.165) is 28.6 Å². The van der Waals surface area contributed by atoms with Gasteiger partial charge in [0.1, 0.15) is 6.10 Å². The van der Waals surface area contributed by atoms with Gasteiger partial charge in [-0.05, 0) is 43.7 Å². The van der Waals surface area contributed by atoms with E-state index in [-0.39, 0.29) is 12.2 Å². The van der Waals surface area contributed by atoms with Gasteiger partial charge in [0.2, 0.25) is 0 Å². The van der Waals surface area contributed by atoms with E-state index in [1.165, 1.54) is 0 Å². The van der Waals surface area contributed by atoms with Gasteiger partial charge in [-0.15, -0.1) is 0 Å². The number of rotatable bonds is 3. The first kappa shape index (κ1) is 13.4. The second kappa shape index (κ2) is 5.71. The Morgan fingerprint density at radius 2 is 2.33 bits per heavy atom. The highest BCUT2D eigenvalue weighted by Gasteiger charge is 2.27. The van der Waals surface area contributed by atoms with E-state index in [0.29, 0.717) is 13.1 Å². The first-order valence-electron chi connectivity index (χ1n) is 6.06. The molecule has 1 unspecified atom stereocenters. The number of nitrogens with two attached hydrogens (primary N) is 1. The van der Waals surface area contributed by atoms with E-state index in [4.69, 9.17) is 10.5 Å². The fourth-order valence-corrected chi connectivity index (χ4v) is 2.30. The van der Waals surface area contributed by atoms with E-state index in [2.05, 4.69) is 15.9 Å². The van der Waals surface area contributed by atoms with Crippen LogP contribution in [-0.4, -0.2) is 25.3 Å². The summed E-state index contributed by atoms with van der Waals surface area (Å²) in [6.07, 6.45) is 1.26. The van der Waals surface area contributed by atoms with Gasteiger partial charge in [0.25, 0.3) is 0 Å². The smallest absolute Gasteiger partial charge is 0.414 e. The molecule has 5 heteroatoms. The number of carbonyl (C=O) groups excluding carboxylic acids is 1. The average Bonchev–Trinajstić information content (AvgIpc) is 2.34. The van der Waals surface area contributed by atoms with Gasteiger partial charge in [0.05, 0.1) is 0 Å². The number of anilines is 1. The number of cyclic esters (lactones) is 1. The maximum atomic E-state index is 11.9. The van der Waals surface area contributed by atoms with Crippen molar-refractivity contribution in [1.82, 2.24) is 0 Å². The third kappa shape index (κ3) is 2.84. The molecule has 98 valence electrons. The van der Waals surface area contributed by atoms with Crippen LogP contribution < -0.4 is 10.6 Å². The first-order chi connectivity index (χ1) is 8.61. The van der Waals surface area contributed by atoms with Gasteiger partial charge >= 0.3 is 6.09 Å². The van der Waals surface area contributed by atoms with Crippen molar-refractivity contribution in [3.05, 3.63) is 28.2 Å². The molecule has 0 saturated carbocycles. The normalized spacial score (nSPS) is 19.8. The lowest BCUT2D eigenvalue weighted by atomic mass is 10.1. The van der Waals surface area contributed by atoms with E-state index < -0.39 is 0 Å². The Bertz CT molecular complexity index is 451. The van der Waals surface area contributed by atoms with Crippen LogP contribution in [0.5, 0.6) is 0 Å². The second-order valence-electron chi connectivity index (χ2n) is 4.46. The molecule has 1 aliphatic rings. The SMILES string of the molecule is Cc1cc(N2CCC(CCN)OC2=O)ccc1Br. The Balaban J connectivity index is 2.10. The molecule has 0 spiro atoms. The van der Waals surface area contributed by atoms with Gasteiger partial charge in [-0.3, -0.25) is 4.90 Å². The molecule has 1 fully saturated rings. The summed E-state index contributed by atoms with van der Waals surface area (Å²) in [6.45, 7) is 3.24. The van der Waals surface area contributed by atoms with Gasteiger partial charge in [0.15, 0.2) is 0 Å². The molecule has 1 aromatic carbocycles. The second-order valence-corrected chi connectivity index (χ2v) is 5.31. The van der Waals surface area contributed by atoms with Crippen molar-refractivity contribution in [3.8, 4) is 0 Å². The number of hydrogen-bond acceptors (Lipinski definition) is 3. The van der Waals surface area contributed by atoms with Crippen molar-refractivity contribution >= 4 is 27.7 Å². The predicted octanol–water partition coefficient (Wildman–Crippen LogP) is 2.82. The molecular weight excluding hydrogens is 296 g/mol. The minimum Gasteiger partial charge on any atom is -0.446 e. The molecule has 1 saturated heterocycles. The summed E-state index contributed by atoms with van der Waals surface area (Å²) in [6, 6.07) is 5.85. The molecular formula is C13H17BrN2O2. The highest BCUT2D eigenvalue weighted by Crippen LogP contribution is 2.26. The maximum Gasteiger partial charge on any atom is 0.414 e. The molecule has 2 N–H and O–H groups in total. The zero-order valence-electron chi connectivity index (χ0n) is 10.4. The Labute approximate surface area is 115 Å². The summed E-state index contributed by atoms with van der Waals surface area (Å²) < 4.78 is 6.40. The van der Waals surface area contributed by atoms with Crippen molar-refractivity contribution in [2.45, 2.75) is 25.9 Å². The van der Waals surface area contributed by atoms with Crippen LogP contribution in [0.4, 0.5) is 10.5 Å². The highest BCUT2D eigenvalue weighted by molar-refractivity contribution is 9.10. The molecule has 1 atom stereocenters. The largest absolute Gasteiger partial charge is 0.446 e. The number of hydrogen-bond donors (Lipinski definition) is 1. The number of aryl methyl sites for hydroxylation is 1.